The second kappa shape index (κ2) is 18.4. The molecule has 332 valence electrons. The quantitative estimate of drug-likeness (QED) is 0.190. The van der Waals surface area contributed by atoms with E-state index in [0.29, 0.717) is 62.6 Å². The van der Waals surface area contributed by atoms with Crippen molar-refractivity contribution >= 4 is 41.3 Å². The first-order valence-electron chi connectivity index (χ1n) is 21.9. The number of ether oxygens (including phenoxy) is 4. The number of piperidine rings is 2. The molecule has 0 unspecified atom stereocenters. The fourth-order valence-electron chi connectivity index (χ4n) is 8.75. The first-order valence-corrected chi connectivity index (χ1v) is 21.9. The zero-order valence-electron chi connectivity index (χ0n) is 36.9. The van der Waals surface area contributed by atoms with E-state index in [2.05, 4.69) is 5.32 Å². The van der Waals surface area contributed by atoms with Crippen LogP contribution in [-0.4, -0.2) is 103 Å². The van der Waals surface area contributed by atoms with Gasteiger partial charge in [-0.1, -0.05) is 60.7 Å². The van der Waals surface area contributed by atoms with Gasteiger partial charge in [0, 0.05) is 58.2 Å². The molecule has 3 fully saturated rings. The van der Waals surface area contributed by atoms with Crippen molar-refractivity contribution in [1.29, 1.82) is 0 Å². The van der Waals surface area contributed by atoms with Crippen LogP contribution < -0.4 is 19.9 Å². The number of hydrogen-bond acceptors (Lipinski definition) is 9. The summed E-state index contributed by atoms with van der Waals surface area (Å²) in [5.41, 5.74) is 0.330. The van der Waals surface area contributed by atoms with Crippen LogP contribution in [0.2, 0.25) is 0 Å². The lowest BCUT2D eigenvalue weighted by molar-refractivity contribution is -0.133. The van der Waals surface area contributed by atoms with Crippen molar-refractivity contribution in [3.05, 3.63) is 90.0 Å². The molecular formula is C48H61N5O9. The van der Waals surface area contributed by atoms with Gasteiger partial charge in [-0.15, -0.1) is 0 Å². The molecule has 1 aliphatic carbocycles. The summed E-state index contributed by atoms with van der Waals surface area (Å²) < 4.78 is 22.9. The summed E-state index contributed by atoms with van der Waals surface area (Å²) >= 11 is 0. The van der Waals surface area contributed by atoms with E-state index >= 15 is 0 Å². The van der Waals surface area contributed by atoms with Crippen molar-refractivity contribution in [2.45, 2.75) is 103 Å². The summed E-state index contributed by atoms with van der Waals surface area (Å²) in [6.07, 6.45) is 2.29. The van der Waals surface area contributed by atoms with Gasteiger partial charge in [0.05, 0.1) is 23.1 Å². The van der Waals surface area contributed by atoms with Crippen molar-refractivity contribution in [2.24, 2.45) is 11.8 Å². The van der Waals surface area contributed by atoms with Crippen LogP contribution in [0, 0.1) is 11.8 Å². The van der Waals surface area contributed by atoms with Crippen molar-refractivity contribution in [1.82, 2.24) is 15.1 Å². The average Bonchev–Trinajstić information content (AvgIpc) is 4.10. The number of anilines is 2. The highest BCUT2D eigenvalue weighted by atomic mass is 16.6. The topological polar surface area (TPSA) is 147 Å². The Kier molecular flexibility index (Phi) is 13.2. The Morgan fingerprint density at radius 3 is 2.18 bits per heavy atom. The first-order chi connectivity index (χ1) is 29.6. The van der Waals surface area contributed by atoms with Crippen LogP contribution >= 0.6 is 0 Å². The zero-order chi connectivity index (χ0) is 44.2. The van der Waals surface area contributed by atoms with Gasteiger partial charge in [-0.25, -0.2) is 9.59 Å². The van der Waals surface area contributed by atoms with E-state index in [1.54, 1.807) is 56.4 Å². The smallest absolute Gasteiger partial charge is 0.410 e. The Balaban J connectivity index is 1.13. The number of fused-ring (bicyclic) bond motifs is 1. The summed E-state index contributed by atoms with van der Waals surface area (Å²) in [7, 11) is 1.62. The number of carbonyl (C=O) groups is 5. The van der Waals surface area contributed by atoms with Gasteiger partial charge in [-0.3, -0.25) is 14.4 Å². The van der Waals surface area contributed by atoms with Gasteiger partial charge in [-0.05, 0) is 102 Å². The summed E-state index contributed by atoms with van der Waals surface area (Å²) in [5.74, 6) is -1.59. The molecule has 3 aliphatic heterocycles. The summed E-state index contributed by atoms with van der Waals surface area (Å²) in [6, 6.07) is 24.7. The lowest BCUT2D eigenvalue weighted by Gasteiger charge is -2.44. The monoisotopic (exact) mass is 851 g/mol. The van der Waals surface area contributed by atoms with Gasteiger partial charge >= 0.3 is 12.2 Å². The zero-order valence-corrected chi connectivity index (χ0v) is 36.9. The first kappa shape index (κ1) is 44.4. The molecule has 0 spiro atoms. The highest BCUT2D eigenvalue weighted by Gasteiger charge is 2.47. The minimum atomic E-state index is -1.07. The number of nitrogens with zero attached hydrogens (tertiary/aromatic N) is 4. The Labute approximate surface area is 364 Å². The largest absolute Gasteiger partial charge is 0.476 e. The second-order valence-electron chi connectivity index (χ2n) is 18.5. The Morgan fingerprint density at radius 2 is 1.53 bits per heavy atom. The van der Waals surface area contributed by atoms with Gasteiger partial charge in [-0.2, -0.15) is 0 Å². The molecule has 0 radical (unpaired) electrons. The van der Waals surface area contributed by atoms with Gasteiger partial charge < -0.3 is 43.9 Å². The maximum atomic E-state index is 15.0. The van der Waals surface area contributed by atoms with Gasteiger partial charge in [0.25, 0.3) is 5.91 Å². The minimum absolute atomic E-state index is 0.0707. The number of likely N-dealkylation sites (tertiary alicyclic amines) is 2. The molecule has 3 heterocycles. The third kappa shape index (κ3) is 10.2. The Hall–Kier alpha value is -5.63. The van der Waals surface area contributed by atoms with E-state index < -0.39 is 40.8 Å². The lowest BCUT2D eigenvalue weighted by atomic mass is 9.79. The summed E-state index contributed by atoms with van der Waals surface area (Å²) in [5, 5.41) is 3.39. The molecule has 2 saturated heterocycles. The van der Waals surface area contributed by atoms with Crippen molar-refractivity contribution in [2.75, 3.05) is 56.2 Å². The third-order valence-corrected chi connectivity index (χ3v) is 12.1. The van der Waals surface area contributed by atoms with E-state index in [-0.39, 0.29) is 49.9 Å². The van der Waals surface area contributed by atoms with Gasteiger partial charge in [0.1, 0.15) is 18.0 Å². The molecular weight excluding hydrogens is 791 g/mol. The third-order valence-electron chi connectivity index (χ3n) is 12.1. The maximum Gasteiger partial charge on any atom is 0.410 e. The number of nitrogens with one attached hydrogen (secondary N) is 1. The molecule has 0 aromatic heterocycles. The molecule has 0 bridgehead atoms. The lowest BCUT2D eigenvalue weighted by Crippen LogP contribution is -2.58. The van der Waals surface area contributed by atoms with Crippen LogP contribution in [-0.2, 0) is 40.7 Å². The molecule has 62 heavy (non-hydrogen) atoms. The number of amides is 5. The fraction of sp³-hybridized carbons (Fsp3) is 0.521. The van der Waals surface area contributed by atoms with Crippen LogP contribution in [0.25, 0.3) is 0 Å². The summed E-state index contributed by atoms with van der Waals surface area (Å²) in [4.78, 5) is 77.0. The molecule has 2 atom stereocenters. The van der Waals surface area contributed by atoms with Gasteiger partial charge in [0.15, 0.2) is 5.60 Å². The molecule has 4 aliphatic rings. The van der Waals surface area contributed by atoms with Crippen LogP contribution in [0.5, 0.6) is 5.75 Å². The SMILES string of the molecule is COCCCN1C(=O)C(C)(C)Oc2ccc(N(C(=O)[C@@H]3C[C@H](C(=O)NC4(c5ccccc5)CCN(C(=O)OCc5ccccc5)CC4)CN(C(=O)OC(C)(C)C)C3)C3CC3)cc21. The molecule has 3 aromatic rings. The standard InChI is InChI=1S/C48H61N5O9/c1-46(2,3)62-45(58)51-30-34(41(54)49-48(36-16-11-8-12-17-36)22-25-50(26-23-48)44(57)60-32-33-14-9-7-10-15-33)28-35(31-51)42(55)53(37-18-19-37)38-20-21-40-39(29-38)52(24-13-27-59-6)43(56)47(4,5)61-40/h7-12,14-17,20-21,29,34-35,37H,13,18-19,22-28,30-32H2,1-6H3,(H,49,54)/t34-,35+/m0/s1. The molecule has 14 heteroatoms. The van der Waals surface area contributed by atoms with Crippen molar-refractivity contribution in [3.63, 3.8) is 0 Å². The maximum absolute atomic E-state index is 15.0. The minimum Gasteiger partial charge on any atom is -0.476 e. The number of benzene rings is 3. The van der Waals surface area contributed by atoms with E-state index in [0.717, 1.165) is 24.0 Å². The Morgan fingerprint density at radius 1 is 0.871 bits per heavy atom. The number of carbonyl (C=O) groups excluding carboxylic acids is 5. The molecule has 5 amide bonds. The van der Waals surface area contributed by atoms with Crippen LogP contribution in [0.3, 0.4) is 0 Å². The highest BCUT2D eigenvalue weighted by molar-refractivity contribution is 6.04. The second-order valence-corrected chi connectivity index (χ2v) is 18.5. The summed E-state index contributed by atoms with van der Waals surface area (Å²) in [6.45, 7) is 10.8. The highest BCUT2D eigenvalue weighted by Crippen LogP contribution is 2.43. The normalized spacial score (nSPS) is 20.7. The van der Waals surface area contributed by atoms with E-state index in [4.69, 9.17) is 18.9 Å². The van der Waals surface area contributed by atoms with E-state index in [1.807, 2.05) is 78.9 Å². The fourth-order valence-corrected chi connectivity index (χ4v) is 8.75. The van der Waals surface area contributed by atoms with E-state index in [9.17, 15) is 24.0 Å². The van der Waals surface area contributed by atoms with E-state index in [1.165, 1.54) is 4.90 Å². The number of hydrogen-bond donors (Lipinski definition) is 1. The number of rotatable bonds is 12. The Bertz CT molecular complexity index is 2090. The molecule has 1 N–H and O–H groups in total. The van der Waals surface area contributed by atoms with Crippen LogP contribution in [0.4, 0.5) is 21.0 Å². The van der Waals surface area contributed by atoms with Crippen molar-refractivity contribution in [3.8, 4) is 5.75 Å². The van der Waals surface area contributed by atoms with Crippen LogP contribution in [0.15, 0.2) is 78.9 Å². The predicted octanol–water partition coefficient (Wildman–Crippen LogP) is 7.04. The average molecular weight is 852 g/mol. The number of methoxy groups -OCH3 is 1. The van der Waals surface area contributed by atoms with Gasteiger partial charge in [0.2, 0.25) is 11.8 Å². The molecule has 1 saturated carbocycles. The molecule has 3 aromatic carbocycles. The van der Waals surface area contributed by atoms with Crippen LogP contribution in [0.1, 0.15) is 84.3 Å². The van der Waals surface area contributed by atoms with Crippen molar-refractivity contribution < 1.29 is 42.9 Å². The molecule has 7 rings (SSSR count). The predicted molar refractivity (Wildman–Crippen MR) is 234 cm³/mol. The molecule has 14 nitrogen and oxygen atoms in total.